The molecule has 0 saturated carbocycles. The lowest BCUT2D eigenvalue weighted by Crippen LogP contribution is -2.37. The standard InChI is InChI=1S/C18H17N3O5S/c1-27(23,24)21(15-5-3-2-4-13(15)11-19)12-18(22)20-14-6-7-16-17(10-14)26-9-8-25-16/h2-7,10H,8-9,12H2,1H3,(H,20,22). The van der Waals surface area contributed by atoms with Gasteiger partial charge in [-0.15, -0.1) is 0 Å². The Morgan fingerprint density at radius 3 is 2.59 bits per heavy atom. The molecule has 1 aliphatic heterocycles. The predicted molar refractivity (Wildman–Crippen MR) is 99.4 cm³/mol. The van der Waals surface area contributed by atoms with Crippen LogP contribution in [0.5, 0.6) is 11.5 Å². The Morgan fingerprint density at radius 2 is 1.89 bits per heavy atom. The molecule has 0 bridgehead atoms. The predicted octanol–water partition coefficient (Wildman–Crippen LogP) is 1.73. The van der Waals surface area contributed by atoms with Crippen molar-refractivity contribution in [2.45, 2.75) is 0 Å². The molecule has 9 heteroatoms. The normalized spacial score (nSPS) is 12.7. The van der Waals surface area contributed by atoms with Crippen LogP contribution in [0.15, 0.2) is 42.5 Å². The van der Waals surface area contributed by atoms with E-state index in [0.717, 1.165) is 10.6 Å². The van der Waals surface area contributed by atoms with E-state index in [9.17, 15) is 18.5 Å². The van der Waals surface area contributed by atoms with Gasteiger partial charge in [0.1, 0.15) is 25.8 Å². The molecule has 0 fully saturated rings. The van der Waals surface area contributed by atoms with Crippen molar-refractivity contribution in [3.05, 3.63) is 48.0 Å². The molecule has 140 valence electrons. The third-order valence-electron chi connectivity index (χ3n) is 3.81. The lowest BCUT2D eigenvalue weighted by atomic mass is 10.2. The van der Waals surface area contributed by atoms with Crippen molar-refractivity contribution in [3.63, 3.8) is 0 Å². The molecule has 0 unspecified atom stereocenters. The number of hydrogen-bond acceptors (Lipinski definition) is 6. The topological polar surface area (TPSA) is 109 Å². The van der Waals surface area contributed by atoms with Crippen molar-refractivity contribution in [2.75, 3.05) is 35.6 Å². The van der Waals surface area contributed by atoms with Crippen LogP contribution in [-0.2, 0) is 14.8 Å². The molecule has 1 heterocycles. The largest absolute Gasteiger partial charge is 0.486 e. The molecule has 2 aromatic carbocycles. The summed E-state index contributed by atoms with van der Waals surface area (Å²) < 4.78 is 36.1. The van der Waals surface area contributed by atoms with Crippen molar-refractivity contribution in [2.24, 2.45) is 0 Å². The van der Waals surface area contributed by atoms with Crippen LogP contribution in [0.3, 0.4) is 0 Å². The minimum Gasteiger partial charge on any atom is -0.486 e. The van der Waals surface area contributed by atoms with Gasteiger partial charge in [-0.05, 0) is 24.3 Å². The number of rotatable bonds is 5. The minimum atomic E-state index is -3.78. The second kappa shape index (κ2) is 7.55. The maximum atomic E-state index is 12.4. The quantitative estimate of drug-likeness (QED) is 0.837. The highest BCUT2D eigenvalue weighted by molar-refractivity contribution is 7.92. The molecular formula is C18H17N3O5S. The zero-order valence-electron chi connectivity index (χ0n) is 14.5. The second-order valence-electron chi connectivity index (χ2n) is 5.81. The van der Waals surface area contributed by atoms with Crippen LogP contribution in [-0.4, -0.2) is 40.3 Å². The molecule has 1 aliphatic rings. The van der Waals surface area contributed by atoms with Crippen molar-refractivity contribution in [1.29, 1.82) is 5.26 Å². The first-order valence-electron chi connectivity index (χ1n) is 8.05. The molecule has 8 nitrogen and oxygen atoms in total. The fourth-order valence-corrected chi connectivity index (χ4v) is 3.49. The number of para-hydroxylation sites is 1. The Hall–Kier alpha value is -3.25. The summed E-state index contributed by atoms with van der Waals surface area (Å²) in [6, 6.07) is 13.1. The van der Waals surface area contributed by atoms with Crippen LogP contribution in [0.4, 0.5) is 11.4 Å². The molecular weight excluding hydrogens is 370 g/mol. The number of amides is 1. The summed E-state index contributed by atoms with van der Waals surface area (Å²) in [6.07, 6.45) is 0.985. The number of sulfonamides is 1. The van der Waals surface area contributed by atoms with Crippen molar-refractivity contribution >= 4 is 27.3 Å². The van der Waals surface area contributed by atoms with Crippen LogP contribution in [0.25, 0.3) is 0 Å². The van der Waals surface area contributed by atoms with Gasteiger partial charge in [-0.25, -0.2) is 8.42 Å². The van der Waals surface area contributed by atoms with Crippen LogP contribution < -0.4 is 19.1 Å². The summed E-state index contributed by atoms with van der Waals surface area (Å²) in [7, 11) is -3.78. The van der Waals surface area contributed by atoms with Crippen molar-refractivity contribution in [1.82, 2.24) is 0 Å². The van der Waals surface area contributed by atoms with E-state index in [0.29, 0.717) is 30.4 Å². The van der Waals surface area contributed by atoms with Gasteiger partial charge in [0.15, 0.2) is 11.5 Å². The molecule has 27 heavy (non-hydrogen) atoms. The SMILES string of the molecule is CS(=O)(=O)N(CC(=O)Nc1ccc2c(c1)OCCO2)c1ccccc1C#N. The fourth-order valence-electron chi connectivity index (χ4n) is 2.62. The van der Waals surface area contributed by atoms with Gasteiger partial charge in [0, 0.05) is 11.8 Å². The number of nitrogens with one attached hydrogen (secondary N) is 1. The second-order valence-corrected chi connectivity index (χ2v) is 7.71. The van der Waals surface area contributed by atoms with E-state index in [1.807, 2.05) is 6.07 Å². The Morgan fingerprint density at radius 1 is 1.19 bits per heavy atom. The lowest BCUT2D eigenvalue weighted by molar-refractivity contribution is -0.114. The van der Waals surface area contributed by atoms with Gasteiger partial charge in [-0.2, -0.15) is 5.26 Å². The van der Waals surface area contributed by atoms with Gasteiger partial charge in [-0.1, -0.05) is 12.1 Å². The van der Waals surface area contributed by atoms with E-state index in [4.69, 9.17) is 9.47 Å². The van der Waals surface area contributed by atoms with E-state index >= 15 is 0 Å². The van der Waals surface area contributed by atoms with Crippen molar-refractivity contribution in [3.8, 4) is 17.6 Å². The van der Waals surface area contributed by atoms with Crippen LogP contribution in [0.1, 0.15) is 5.56 Å². The van der Waals surface area contributed by atoms with Gasteiger partial charge >= 0.3 is 0 Å². The molecule has 1 N–H and O–H groups in total. The minimum absolute atomic E-state index is 0.153. The Bertz CT molecular complexity index is 1010. The van der Waals surface area contributed by atoms with Gasteiger partial charge in [-0.3, -0.25) is 9.10 Å². The highest BCUT2D eigenvalue weighted by Gasteiger charge is 2.23. The molecule has 0 radical (unpaired) electrons. The monoisotopic (exact) mass is 387 g/mol. The summed E-state index contributed by atoms with van der Waals surface area (Å²) in [5, 5.41) is 11.9. The maximum absolute atomic E-state index is 12.4. The zero-order chi connectivity index (χ0) is 19.4. The van der Waals surface area contributed by atoms with E-state index in [1.54, 1.807) is 30.3 Å². The summed E-state index contributed by atoms with van der Waals surface area (Å²) in [6.45, 7) is 0.406. The highest BCUT2D eigenvalue weighted by Crippen LogP contribution is 2.32. The maximum Gasteiger partial charge on any atom is 0.245 e. The number of nitriles is 1. The first-order chi connectivity index (χ1) is 12.9. The van der Waals surface area contributed by atoms with E-state index in [2.05, 4.69) is 5.32 Å². The average molecular weight is 387 g/mol. The number of carbonyl (C=O) groups is 1. The van der Waals surface area contributed by atoms with Gasteiger partial charge in [0.25, 0.3) is 0 Å². The summed E-state index contributed by atoms with van der Waals surface area (Å²) in [4.78, 5) is 12.4. The number of nitrogens with zero attached hydrogens (tertiary/aromatic N) is 2. The molecule has 0 aliphatic carbocycles. The molecule has 1 amide bonds. The average Bonchev–Trinajstić information content (AvgIpc) is 2.65. The molecule has 0 spiro atoms. The van der Waals surface area contributed by atoms with Crippen LogP contribution >= 0.6 is 0 Å². The third-order valence-corrected chi connectivity index (χ3v) is 4.93. The summed E-state index contributed by atoms with van der Waals surface area (Å²) in [5.74, 6) is 0.540. The number of ether oxygens (including phenoxy) is 2. The molecule has 0 atom stereocenters. The molecule has 3 rings (SSSR count). The van der Waals surface area contributed by atoms with Crippen molar-refractivity contribution < 1.29 is 22.7 Å². The first-order valence-corrected chi connectivity index (χ1v) is 9.89. The Kier molecular flexibility index (Phi) is 5.19. The lowest BCUT2D eigenvalue weighted by Gasteiger charge is -2.23. The van der Waals surface area contributed by atoms with E-state index < -0.39 is 22.5 Å². The first kappa shape index (κ1) is 18.5. The van der Waals surface area contributed by atoms with E-state index in [-0.39, 0.29) is 11.3 Å². The van der Waals surface area contributed by atoms with Gasteiger partial charge in [0.05, 0.1) is 17.5 Å². The van der Waals surface area contributed by atoms with Gasteiger partial charge < -0.3 is 14.8 Å². The van der Waals surface area contributed by atoms with E-state index in [1.165, 1.54) is 12.1 Å². The van der Waals surface area contributed by atoms with Crippen LogP contribution in [0.2, 0.25) is 0 Å². The number of fused-ring (bicyclic) bond motifs is 1. The van der Waals surface area contributed by atoms with Crippen LogP contribution in [0, 0.1) is 11.3 Å². The fraction of sp³-hybridized carbons (Fsp3) is 0.222. The van der Waals surface area contributed by atoms with Gasteiger partial charge in [0.2, 0.25) is 15.9 Å². The zero-order valence-corrected chi connectivity index (χ0v) is 15.3. The highest BCUT2D eigenvalue weighted by atomic mass is 32.2. The Balaban J connectivity index is 1.81. The molecule has 2 aromatic rings. The molecule has 0 saturated heterocycles. The smallest absolute Gasteiger partial charge is 0.245 e. The number of carbonyl (C=O) groups excluding carboxylic acids is 1. The summed E-state index contributed by atoms with van der Waals surface area (Å²) in [5.41, 5.74) is 0.765. The number of benzene rings is 2. The third kappa shape index (κ3) is 4.30. The number of anilines is 2. The summed E-state index contributed by atoms with van der Waals surface area (Å²) >= 11 is 0. The number of hydrogen-bond donors (Lipinski definition) is 1. The molecule has 0 aromatic heterocycles. The Labute approximate surface area is 157 Å².